The highest BCUT2D eigenvalue weighted by atomic mass is 16.2. The third-order valence-corrected chi connectivity index (χ3v) is 5.62. The van der Waals surface area contributed by atoms with Gasteiger partial charge in [0.05, 0.1) is 0 Å². The van der Waals surface area contributed by atoms with Gasteiger partial charge in [-0.3, -0.25) is 14.5 Å². The minimum atomic E-state index is -1.05. The molecule has 2 aromatic carbocycles. The van der Waals surface area contributed by atoms with Gasteiger partial charge >= 0.3 is 6.03 Å². The molecule has 1 atom stereocenters. The average molecular weight is 377 g/mol. The highest BCUT2D eigenvalue weighted by Crippen LogP contribution is 2.39. The Morgan fingerprint density at radius 2 is 1.89 bits per heavy atom. The van der Waals surface area contributed by atoms with Crippen molar-refractivity contribution in [3.8, 4) is 0 Å². The second-order valence-corrected chi connectivity index (χ2v) is 7.30. The highest BCUT2D eigenvalue weighted by molar-refractivity contribution is 6.10. The predicted octanol–water partition coefficient (Wildman–Crippen LogP) is 2.97. The number of para-hydroxylation sites is 1. The molecule has 1 fully saturated rings. The number of carbonyl (C=O) groups excluding carboxylic acids is 3. The van der Waals surface area contributed by atoms with Crippen LogP contribution in [0.4, 0.5) is 10.5 Å². The van der Waals surface area contributed by atoms with E-state index in [9.17, 15) is 14.4 Å². The molecule has 0 saturated carbocycles. The molecule has 0 radical (unpaired) electrons. The van der Waals surface area contributed by atoms with Crippen LogP contribution in [0.15, 0.2) is 48.5 Å². The number of hydrogen-bond donors (Lipinski definition) is 2. The fourth-order valence-corrected chi connectivity index (χ4v) is 4.24. The zero-order valence-corrected chi connectivity index (χ0v) is 15.8. The standard InChI is InChI=1S/C22H23N3O3/c1-2-15-8-4-6-12-18(15)23-19(26)14-25-20(27)22(24-21(25)28)13-7-10-16-9-3-5-11-17(16)22/h3-6,8-9,11-12H,2,7,10,13-14H2,1H3,(H,23,26)(H,24,28)/t22-/m1/s1. The fraction of sp³-hybridized carbons (Fsp3) is 0.318. The Labute approximate surface area is 163 Å². The molecule has 1 spiro atoms. The van der Waals surface area contributed by atoms with Crippen LogP contribution in [0.3, 0.4) is 0 Å². The number of nitrogens with zero attached hydrogens (tertiary/aromatic N) is 1. The zero-order chi connectivity index (χ0) is 19.7. The lowest BCUT2D eigenvalue weighted by Crippen LogP contribution is -2.47. The molecule has 1 aliphatic heterocycles. The third-order valence-electron chi connectivity index (χ3n) is 5.62. The van der Waals surface area contributed by atoms with E-state index in [1.165, 1.54) is 0 Å². The monoisotopic (exact) mass is 377 g/mol. The van der Waals surface area contributed by atoms with Crippen molar-refractivity contribution in [2.75, 3.05) is 11.9 Å². The maximum atomic E-state index is 13.2. The molecule has 6 heteroatoms. The lowest BCUT2D eigenvalue weighted by Gasteiger charge is -2.33. The van der Waals surface area contributed by atoms with E-state index < -0.39 is 11.6 Å². The van der Waals surface area contributed by atoms with Crippen LogP contribution < -0.4 is 10.6 Å². The van der Waals surface area contributed by atoms with Gasteiger partial charge in [-0.1, -0.05) is 49.4 Å². The summed E-state index contributed by atoms with van der Waals surface area (Å²) in [5, 5.41) is 5.70. The van der Waals surface area contributed by atoms with E-state index in [0.29, 0.717) is 12.1 Å². The van der Waals surface area contributed by atoms with Gasteiger partial charge < -0.3 is 10.6 Å². The summed E-state index contributed by atoms with van der Waals surface area (Å²) in [4.78, 5) is 39.4. The second-order valence-electron chi connectivity index (χ2n) is 7.30. The van der Waals surface area contributed by atoms with E-state index in [0.717, 1.165) is 40.9 Å². The first-order valence-electron chi connectivity index (χ1n) is 9.65. The van der Waals surface area contributed by atoms with Gasteiger partial charge in [0.2, 0.25) is 5.91 Å². The van der Waals surface area contributed by atoms with Crippen molar-refractivity contribution in [3.05, 3.63) is 65.2 Å². The van der Waals surface area contributed by atoms with Gasteiger partial charge in [-0.25, -0.2) is 4.79 Å². The molecular formula is C22H23N3O3. The maximum Gasteiger partial charge on any atom is 0.325 e. The van der Waals surface area contributed by atoms with E-state index >= 15 is 0 Å². The van der Waals surface area contributed by atoms with Crippen molar-refractivity contribution in [2.45, 2.75) is 38.1 Å². The van der Waals surface area contributed by atoms with Crippen molar-refractivity contribution in [1.29, 1.82) is 0 Å². The molecule has 0 bridgehead atoms. The first-order chi connectivity index (χ1) is 13.5. The average Bonchev–Trinajstić information content (AvgIpc) is 2.93. The van der Waals surface area contributed by atoms with Crippen molar-refractivity contribution < 1.29 is 14.4 Å². The lowest BCUT2D eigenvalue weighted by atomic mass is 9.76. The lowest BCUT2D eigenvalue weighted by molar-refractivity contribution is -0.134. The first-order valence-corrected chi connectivity index (χ1v) is 9.65. The predicted molar refractivity (Wildman–Crippen MR) is 106 cm³/mol. The normalized spacial score (nSPS) is 20.8. The molecule has 2 aromatic rings. The molecule has 4 amide bonds. The number of fused-ring (bicyclic) bond motifs is 2. The van der Waals surface area contributed by atoms with E-state index in [4.69, 9.17) is 0 Å². The summed E-state index contributed by atoms with van der Waals surface area (Å²) >= 11 is 0. The molecule has 144 valence electrons. The Bertz CT molecular complexity index is 956. The number of benzene rings is 2. The number of aryl methyl sites for hydroxylation is 2. The minimum Gasteiger partial charge on any atom is -0.324 e. The summed E-state index contributed by atoms with van der Waals surface area (Å²) in [6.45, 7) is 1.71. The summed E-state index contributed by atoms with van der Waals surface area (Å²) in [5.74, 6) is -0.728. The molecule has 0 aromatic heterocycles. The van der Waals surface area contributed by atoms with Gasteiger partial charge in [0, 0.05) is 5.69 Å². The van der Waals surface area contributed by atoms with Crippen LogP contribution in [0.25, 0.3) is 0 Å². The van der Waals surface area contributed by atoms with Crippen LogP contribution >= 0.6 is 0 Å². The van der Waals surface area contributed by atoms with Gasteiger partial charge in [0.25, 0.3) is 5.91 Å². The van der Waals surface area contributed by atoms with E-state index in [1.54, 1.807) is 0 Å². The molecule has 1 heterocycles. The van der Waals surface area contributed by atoms with Crippen LogP contribution in [0.5, 0.6) is 0 Å². The Morgan fingerprint density at radius 3 is 2.71 bits per heavy atom. The van der Waals surface area contributed by atoms with E-state index in [2.05, 4.69) is 10.6 Å². The largest absolute Gasteiger partial charge is 0.325 e. The Morgan fingerprint density at radius 1 is 1.14 bits per heavy atom. The quantitative estimate of drug-likeness (QED) is 0.804. The molecule has 2 N–H and O–H groups in total. The maximum absolute atomic E-state index is 13.2. The molecule has 1 aliphatic carbocycles. The molecular weight excluding hydrogens is 354 g/mol. The van der Waals surface area contributed by atoms with Gasteiger partial charge in [-0.2, -0.15) is 0 Å². The van der Waals surface area contributed by atoms with Crippen LogP contribution in [-0.4, -0.2) is 29.3 Å². The summed E-state index contributed by atoms with van der Waals surface area (Å²) < 4.78 is 0. The number of amides is 4. The molecule has 1 saturated heterocycles. The van der Waals surface area contributed by atoms with Gasteiger partial charge in [-0.15, -0.1) is 0 Å². The smallest absolute Gasteiger partial charge is 0.324 e. The Balaban J connectivity index is 1.55. The topological polar surface area (TPSA) is 78.5 Å². The second kappa shape index (κ2) is 7.11. The molecule has 2 aliphatic rings. The van der Waals surface area contributed by atoms with Crippen LogP contribution in [0.2, 0.25) is 0 Å². The number of imide groups is 1. The first kappa shape index (κ1) is 18.2. The summed E-state index contributed by atoms with van der Waals surface area (Å²) in [5.41, 5.74) is 2.59. The van der Waals surface area contributed by atoms with E-state index in [1.807, 2.05) is 55.5 Å². The van der Waals surface area contributed by atoms with Crippen molar-refractivity contribution in [1.82, 2.24) is 10.2 Å². The van der Waals surface area contributed by atoms with Gasteiger partial charge in [0.15, 0.2) is 0 Å². The van der Waals surface area contributed by atoms with Crippen molar-refractivity contribution >= 4 is 23.5 Å². The molecule has 0 unspecified atom stereocenters. The zero-order valence-electron chi connectivity index (χ0n) is 15.8. The number of anilines is 1. The number of rotatable bonds is 4. The Kier molecular flexibility index (Phi) is 4.63. The molecule has 6 nitrogen and oxygen atoms in total. The van der Waals surface area contributed by atoms with Gasteiger partial charge in [-0.05, 0) is 48.4 Å². The van der Waals surface area contributed by atoms with Crippen molar-refractivity contribution in [2.24, 2.45) is 0 Å². The van der Waals surface area contributed by atoms with Crippen LogP contribution in [-0.2, 0) is 28.0 Å². The third kappa shape index (κ3) is 2.95. The van der Waals surface area contributed by atoms with Crippen LogP contribution in [0.1, 0.15) is 36.5 Å². The fourth-order valence-electron chi connectivity index (χ4n) is 4.24. The summed E-state index contributed by atoms with van der Waals surface area (Å²) in [6, 6.07) is 14.7. The summed E-state index contributed by atoms with van der Waals surface area (Å²) in [6.07, 6.45) is 3.02. The molecule has 4 rings (SSSR count). The highest BCUT2D eigenvalue weighted by Gasteiger charge is 2.54. The SMILES string of the molecule is CCc1ccccc1NC(=O)CN1C(=O)N[C@@]2(CCCc3ccccc32)C1=O. The number of urea groups is 1. The van der Waals surface area contributed by atoms with Crippen LogP contribution in [0, 0.1) is 0 Å². The number of carbonyl (C=O) groups is 3. The summed E-state index contributed by atoms with van der Waals surface area (Å²) in [7, 11) is 0. The number of hydrogen-bond acceptors (Lipinski definition) is 3. The minimum absolute atomic E-state index is 0.299. The van der Waals surface area contributed by atoms with Gasteiger partial charge in [0.1, 0.15) is 12.1 Å². The van der Waals surface area contributed by atoms with E-state index in [-0.39, 0.29) is 18.4 Å². The molecule has 28 heavy (non-hydrogen) atoms. The van der Waals surface area contributed by atoms with Crippen molar-refractivity contribution in [3.63, 3.8) is 0 Å². The number of nitrogens with one attached hydrogen (secondary N) is 2. The Hall–Kier alpha value is -3.15.